The predicted octanol–water partition coefficient (Wildman–Crippen LogP) is 0.965. The van der Waals surface area contributed by atoms with E-state index in [2.05, 4.69) is 15.5 Å². The van der Waals surface area contributed by atoms with Crippen LogP contribution in [0.1, 0.15) is 42.9 Å². The van der Waals surface area contributed by atoms with Crippen LogP contribution in [0.4, 0.5) is 0 Å². The minimum absolute atomic E-state index is 0.168. The minimum Gasteiger partial charge on any atom is -0.344 e. The second kappa shape index (κ2) is 5.12. The van der Waals surface area contributed by atoms with Gasteiger partial charge in [0.05, 0.1) is 5.54 Å². The fourth-order valence-corrected chi connectivity index (χ4v) is 1.61. The highest BCUT2D eigenvalue weighted by molar-refractivity contribution is 5.92. The summed E-state index contributed by atoms with van der Waals surface area (Å²) in [4.78, 5) is 11.9. The number of hydrogen-bond donors (Lipinski definition) is 3. The van der Waals surface area contributed by atoms with Gasteiger partial charge in [-0.3, -0.25) is 9.89 Å². The van der Waals surface area contributed by atoms with Crippen molar-refractivity contribution in [3.8, 4) is 0 Å². The molecule has 1 aromatic rings. The molecule has 0 unspecified atom stereocenters. The Morgan fingerprint density at radius 2 is 2.19 bits per heavy atom. The van der Waals surface area contributed by atoms with Gasteiger partial charge in [0, 0.05) is 12.2 Å². The van der Waals surface area contributed by atoms with Crippen LogP contribution < -0.4 is 11.1 Å². The van der Waals surface area contributed by atoms with Gasteiger partial charge in [-0.1, -0.05) is 13.8 Å². The number of aromatic amines is 1. The third-order valence-corrected chi connectivity index (χ3v) is 3.06. The highest BCUT2D eigenvalue weighted by Crippen LogP contribution is 2.14. The Morgan fingerprint density at radius 3 is 2.56 bits per heavy atom. The molecule has 0 bridgehead atoms. The van der Waals surface area contributed by atoms with Crippen molar-refractivity contribution in [1.82, 2.24) is 15.5 Å². The second-order valence-electron chi connectivity index (χ2n) is 4.08. The molecule has 0 saturated heterocycles. The Morgan fingerprint density at radius 1 is 1.56 bits per heavy atom. The highest BCUT2D eigenvalue weighted by Gasteiger charge is 2.27. The number of aryl methyl sites for hydroxylation is 1. The molecule has 0 spiro atoms. The SMILES string of the molecule is CCC(CC)(CN)NC(=O)c1cc(C)[nH]n1. The summed E-state index contributed by atoms with van der Waals surface area (Å²) in [7, 11) is 0. The van der Waals surface area contributed by atoms with Gasteiger partial charge in [-0.25, -0.2) is 0 Å². The molecule has 1 rings (SSSR count). The van der Waals surface area contributed by atoms with Crippen LogP contribution in [0.25, 0.3) is 0 Å². The third-order valence-electron chi connectivity index (χ3n) is 3.06. The van der Waals surface area contributed by atoms with Crippen molar-refractivity contribution >= 4 is 5.91 Å². The summed E-state index contributed by atoms with van der Waals surface area (Å²) in [5, 5.41) is 9.63. The van der Waals surface area contributed by atoms with Crippen LogP contribution in [0, 0.1) is 6.92 Å². The number of nitrogens with zero attached hydrogens (tertiary/aromatic N) is 1. The Hall–Kier alpha value is -1.36. The first-order valence-electron chi connectivity index (χ1n) is 5.61. The van der Waals surface area contributed by atoms with Crippen LogP contribution in [0.3, 0.4) is 0 Å². The maximum atomic E-state index is 11.9. The molecule has 5 nitrogen and oxygen atoms in total. The summed E-state index contributed by atoms with van der Waals surface area (Å²) in [5.41, 5.74) is 6.69. The molecule has 4 N–H and O–H groups in total. The van der Waals surface area contributed by atoms with Gasteiger partial charge in [0.25, 0.3) is 5.91 Å². The molecule has 0 saturated carbocycles. The normalized spacial score (nSPS) is 11.5. The van der Waals surface area contributed by atoms with E-state index < -0.39 is 0 Å². The van der Waals surface area contributed by atoms with Gasteiger partial charge in [0.2, 0.25) is 0 Å². The molecule has 0 aliphatic rings. The molecule has 0 aromatic carbocycles. The molecule has 0 aliphatic carbocycles. The molecule has 1 amide bonds. The lowest BCUT2D eigenvalue weighted by Crippen LogP contribution is -2.52. The van der Waals surface area contributed by atoms with Crippen molar-refractivity contribution in [1.29, 1.82) is 0 Å². The zero-order valence-electron chi connectivity index (χ0n) is 10.1. The highest BCUT2D eigenvalue weighted by atomic mass is 16.2. The molecule has 0 atom stereocenters. The molecule has 0 aliphatic heterocycles. The van der Waals surface area contributed by atoms with E-state index in [1.807, 2.05) is 20.8 Å². The van der Waals surface area contributed by atoms with Crippen molar-refractivity contribution in [3.05, 3.63) is 17.5 Å². The van der Waals surface area contributed by atoms with Gasteiger partial charge in [-0.2, -0.15) is 5.10 Å². The second-order valence-corrected chi connectivity index (χ2v) is 4.08. The van der Waals surface area contributed by atoms with E-state index in [1.54, 1.807) is 6.07 Å². The van der Waals surface area contributed by atoms with Crippen LogP contribution >= 0.6 is 0 Å². The maximum Gasteiger partial charge on any atom is 0.272 e. The number of carbonyl (C=O) groups is 1. The molecule has 1 heterocycles. The Balaban J connectivity index is 2.76. The Bertz CT molecular complexity index is 346. The number of H-pyrrole nitrogens is 1. The lowest BCUT2D eigenvalue weighted by molar-refractivity contribution is 0.0890. The van der Waals surface area contributed by atoms with E-state index in [1.165, 1.54) is 0 Å². The minimum atomic E-state index is -0.316. The van der Waals surface area contributed by atoms with Gasteiger partial charge >= 0.3 is 0 Å². The first kappa shape index (κ1) is 12.7. The number of nitrogens with one attached hydrogen (secondary N) is 2. The summed E-state index contributed by atoms with van der Waals surface area (Å²) in [6.45, 7) is 6.34. The van der Waals surface area contributed by atoms with E-state index >= 15 is 0 Å². The summed E-state index contributed by atoms with van der Waals surface area (Å²) in [5.74, 6) is -0.168. The molecule has 5 heteroatoms. The largest absolute Gasteiger partial charge is 0.344 e. The van der Waals surface area contributed by atoms with Gasteiger partial charge in [-0.05, 0) is 25.8 Å². The van der Waals surface area contributed by atoms with Crippen molar-refractivity contribution in [2.75, 3.05) is 6.54 Å². The number of carbonyl (C=O) groups excluding carboxylic acids is 1. The Kier molecular flexibility index (Phi) is 4.06. The average molecular weight is 224 g/mol. The van der Waals surface area contributed by atoms with Crippen molar-refractivity contribution in [2.24, 2.45) is 5.73 Å². The topological polar surface area (TPSA) is 83.8 Å². The van der Waals surface area contributed by atoms with Crippen molar-refractivity contribution < 1.29 is 4.79 Å². The van der Waals surface area contributed by atoms with Crippen LogP contribution in [0.15, 0.2) is 6.07 Å². The molecule has 0 fully saturated rings. The molecular formula is C11H20N4O. The summed E-state index contributed by atoms with van der Waals surface area (Å²) >= 11 is 0. The molecule has 16 heavy (non-hydrogen) atoms. The summed E-state index contributed by atoms with van der Waals surface area (Å²) < 4.78 is 0. The first-order valence-corrected chi connectivity index (χ1v) is 5.61. The van der Waals surface area contributed by atoms with Crippen LogP contribution in [0.2, 0.25) is 0 Å². The smallest absolute Gasteiger partial charge is 0.272 e. The lowest BCUT2D eigenvalue weighted by atomic mass is 9.93. The quantitative estimate of drug-likeness (QED) is 0.696. The molecule has 1 aromatic heterocycles. The van der Waals surface area contributed by atoms with E-state index in [9.17, 15) is 4.79 Å². The number of rotatable bonds is 5. The number of aromatic nitrogens is 2. The standard InChI is InChI=1S/C11H20N4O/c1-4-11(5-2,7-12)13-10(16)9-6-8(3)14-15-9/h6H,4-5,7,12H2,1-3H3,(H,13,16)(H,14,15). The zero-order valence-corrected chi connectivity index (χ0v) is 10.1. The van der Waals surface area contributed by atoms with Crippen molar-refractivity contribution in [3.63, 3.8) is 0 Å². The monoisotopic (exact) mass is 224 g/mol. The Labute approximate surface area is 95.8 Å². The number of nitrogens with two attached hydrogens (primary N) is 1. The fourth-order valence-electron chi connectivity index (χ4n) is 1.61. The summed E-state index contributed by atoms with van der Waals surface area (Å²) in [6, 6.07) is 1.72. The number of amides is 1. The first-order chi connectivity index (χ1) is 7.56. The molecule has 90 valence electrons. The zero-order chi connectivity index (χ0) is 12.2. The molecule has 0 radical (unpaired) electrons. The van der Waals surface area contributed by atoms with E-state index in [0.717, 1.165) is 18.5 Å². The van der Waals surface area contributed by atoms with Crippen LogP contribution in [0.5, 0.6) is 0 Å². The van der Waals surface area contributed by atoms with Crippen molar-refractivity contribution in [2.45, 2.75) is 39.2 Å². The maximum absolute atomic E-state index is 11.9. The lowest BCUT2D eigenvalue weighted by Gasteiger charge is -2.31. The fraction of sp³-hybridized carbons (Fsp3) is 0.636. The third kappa shape index (κ3) is 2.61. The molecular weight excluding hydrogens is 204 g/mol. The summed E-state index contributed by atoms with van der Waals surface area (Å²) in [6.07, 6.45) is 1.63. The number of hydrogen-bond acceptors (Lipinski definition) is 3. The average Bonchev–Trinajstić information content (AvgIpc) is 2.73. The van der Waals surface area contributed by atoms with Gasteiger partial charge in [0.1, 0.15) is 5.69 Å². The van der Waals surface area contributed by atoms with Crippen LogP contribution in [-0.4, -0.2) is 28.2 Å². The van der Waals surface area contributed by atoms with Gasteiger partial charge in [-0.15, -0.1) is 0 Å². The predicted molar refractivity (Wildman–Crippen MR) is 63.2 cm³/mol. The van der Waals surface area contributed by atoms with Gasteiger partial charge < -0.3 is 11.1 Å². The van der Waals surface area contributed by atoms with Crippen LogP contribution in [-0.2, 0) is 0 Å². The van der Waals surface area contributed by atoms with Gasteiger partial charge in [0.15, 0.2) is 0 Å². The van der Waals surface area contributed by atoms with E-state index in [-0.39, 0.29) is 11.4 Å². The van der Waals surface area contributed by atoms with E-state index in [4.69, 9.17) is 5.73 Å². The van der Waals surface area contributed by atoms with E-state index in [0.29, 0.717) is 12.2 Å².